The van der Waals surface area contributed by atoms with Crippen LogP contribution in [-0.2, 0) is 9.59 Å². The van der Waals surface area contributed by atoms with Gasteiger partial charge in [-0.2, -0.15) is 0 Å². The van der Waals surface area contributed by atoms with Crippen LogP contribution in [0.1, 0.15) is 32.1 Å². The van der Waals surface area contributed by atoms with Gasteiger partial charge in [-0.05, 0) is 38.0 Å². The molecule has 4 aliphatic carbocycles. The van der Waals surface area contributed by atoms with E-state index in [1.807, 2.05) is 0 Å². The van der Waals surface area contributed by atoms with E-state index in [1.54, 1.807) is 0 Å². The molecule has 0 radical (unpaired) electrons. The molecule has 5 nitrogen and oxygen atoms in total. The van der Waals surface area contributed by atoms with Crippen molar-refractivity contribution in [3.63, 3.8) is 0 Å². The summed E-state index contributed by atoms with van der Waals surface area (Å²) in [4.78, 5) is 22.6. The van der Waals surface area contributed by atoms with E-state index in [9.17, 15) is 24.9 Å². The predicted molar refractivity (Wildman–Crippen MR) is 51.7 cm³/mol. The normalized spacial score (nSPS) is 53.2. The van der Waals surface area contributed by atoms with Crippen LogP contribution in [0.15, 0.2) is 0 Å². The van der Waals surface area contributed by atoms with Gasteiger partial charge in [0.1, 0.15) is 0 Å². The van der Waals surface area contributed by atoms with Crippen molar-refractivity contribution in [3.8, 4) is 0 Å². The maximum absolute atomic E-state index is 11.3. The lowest BCUT2D eigenvalue weighted by Gasteiger charge is -2.41. The summed E-state index contributed by atoms with van der Waals surface area (Å²) in [6.45, 7) is 0. The summed E-state index contributed by atoms with van der Waals surface area (Å²) in [6.07, 6.45) is 1.52. The molecule has 16 heavy (non-hydrogen) atoms. The second-order valence-electron chi connectivity index (χ2n) is 5.91. The van der Waals surface area contributed by atoms with Crippen LogP contribution >= 0.6 is 0 Å². The first-order chi connectivity index (χ1) is 7.32. The molecule has 4 aliphatic rings. The van der Waals surface area contributed by atoms with Crippen LogP contribution in [0.5, 0.6) is 0 Å². The van der Waals surface area contributed by atoms with Crippen LogP contribution in [0.4, 0.5) is 0 Å². The van der Waals surface area contributed by atoms with E-state index in [2.05, 4.69) is 0 Å². The summed E-state index contributed by atoms with van der Waals surface area (Å²) in [5, 5.41) is 28.9. The van der Waals surface area contributed by atoms with E-state index >= 15 is 0 Å². The number of carboxylic acid groups (broad SMARTS) is 2. The van der Waals surface area contributed by atoms with Crippen molar-refractivity contribution in [2.24, 2.45) is 16.7 Å². The van der Waals surface area contributed by atoms with Crippen molar-refractivity contribution in [3.05, 3.63) is 0 Å². The number of carbonyl (C=O) groups is 2. The number of hydrogen-bond acceptors (Lipinski definition) is 3. The largest absolute Gasteiger partial charge is 0.481 e. The van der Waals surface area contributed by atoms with Gasteiger partial charge in [0.15, 0.2) is 0 Å². The standard InChI is InChI=1S/C11H14O5/c12-7(13)9-1-6-2-10(3-9,8(14)15)5-11(6,16)4-9/h6,16H,1-5H2,(H,12,13)(H,14,15). The van der Waals surface area contributed by atoms with Crippen LogP contribution < -0.4 is 0 Å². The van der Waals surface area contributed by atoms with Crippen molar-refractivity contribution in [1.29, 1.82) is 0 Å². The molecule has 0 aromatic rings. The molecule has 0 aromatic carbocycles. The molecule has 5 heteroatoms. The summed E-state index contributed by atoms with van der Waals surface area (Å²) < 4.78 is 0. The molecule has 4 bridgehead atoms. The Kier molecular flexibility index (Phi) is 1.53. The van der Waals surface area contributed by atoms with Gasteiger partial charge in [-0.15, -0.1) is 0 Å². The van der Waals surface area contributed by atoms with Gasteiger partial charge >= 0.3 is 11.9 Å². The van der Waals surface area contributed by atoms with Crippen molar-refractivity contribution in [1.82, 2.24) is 0 Å². The van der Waals surface area contributed by atoms with Crippen molar-refractivity contribution >= 4 is 11.9 Å². The SMILES string of the molecule is O=C(O)C12CC3CC(C(=O)O)(C1)CC3(O)C2. The summed E-state index contributed by atoms with van der Waals surface area (Å²) in [7, 11) is 0. The van der Waals surface area contributed by atoms with Crippen LogP contribution in [0.2, 0.25) is 0 Å². The maximum atomic E-state index is 11.3. The van der Waals surface area contributed by atoms with Gasteiger partial charge in [-0.1, -0.05) is 0 Å². The molecule has 0 saturated heterocycles. The average Bonchev–Trinajstić information content (AvgIpc) is 2.46. The number of rotatable bonds is 2. The number of carboxylic acids is 2. The zero-order valence-electron chi connectivity index (χ0n) is 8.77. The molecule has 0 aromatic heterocycles. The third-order valence-electron chi connectivity index (χ3n) is 4.91. The van der Waals surface area contributed by atoms with Crippen LogP contribution in [-0.4, -0.2) is 32.9 Å². The van der Waals surface area contributed by atoms with E-state index < -0.39 is 28.4 Å². The Morgan fingerprint density at radius 2 is 1.38 bits per heavy atom. The molecule has 0 amide bonds. The topological polar surface area (TPSA) is 94.8 Å². The quantitative estimate of drug-likeness (QED) is 0.636. The second kappa shape index (κ2) is 2.42. The molecule has 0 spiro atoms. The van der Waals surface area contributed by atoms with Gasteiger partial charge in [-0.25, -0.2) is 0 Å². The van der Waals surface area contributed by atoms with Gasteiger partial charge < -0.3 is 15.3 Å². The molecule has 88 valence electrons. The van der Waals surface area contributed by atoms with Gasteiger partial charge in [0.25, 0.3) is 0 Å². The first kappa shape index (κ1) is 10.1. The molecule has 4 rings (SSSR count). The van der Waals surface area contributed by atoms with E-state index in [0.717, 1.165) is 0 Å². The van der Waals surface area contributed by atoms with E-state index in [0.29, 0.717) is 12.8 Å². The first-order valence-electron chi connectivity index (χ1n) is 5.51. The Labute approximate surface area is 92.1 Å². The summed E-state index contributed by atoms with van der Waals surface area (Å²) in [5.41, 5.74) is -3.03. The lowest BCUT2D eigenvalue weighted by molar-refractivity contribution is -0.166. The molecule has 0 aliphatic heterocycles. The molecular formula is C11H14O5. The maximum Gasteiger partial charge on any atom is 0.309 e. The highest BCUT2D eigenvalue weighted by Crippen LogP contribution is 2.71. The molecule has 3 N–H and O–H groups in total. The van der Waals surface area contributed by atoms with Gasteiger partial charge in [0.2, 0.25) is 0 Å². The van der Waals surface area contributed by atoms with Crippen molar-refractivity contribution in [2.45, 2.75) is 37.7 Å². The minimum absolute atomic E-state index is 0.145. The smallest absolute Gasteiger partial charge is 0.309 e. The zero-order chi connectivity index (χ0) is 11.8. The molecule has 2 atom stereocenters. The van der Waals surface area contributed by atoms with E-state index in [1.165, 1.54) is 0 Å². The lowest BCUT2D eigenvalue weighted by atomic mass is 9.61. The van der Waals surface area contributed by atoms with Crippen molar-refractivity contribution in [2.75, 3.05) is 0 Å². The monoisotopic (exact) mass is 226 g/mol. The highest BCUT2D eigenvalue weighted by molar-refractivity contribution is 5.82. The van der Waals surface area contributed by atoms with Gasteiger partial charge in [0.05, 0.1) is 16.4 Å². The highest BCUT2D eigenvalue weighted by atomic mass is 16.4. The fourth-order valence-electron chi connectivity index (χ4n) is 4.46. The molecule has 4 saturated carbocycles. The van der Waals surface area contributed by atoms with Crippen LogP contribution in [0, 0.1) is 16.7 Å². The Bertz CT molecular complexity index is 371. The fraction of sp³-hybridized carbons (Fsp3) is 0.818. The fourth-order valence-corrected chi connectivity index (χ4v) is 4.46. The molecule has 2 unspecified atom stereocenters. The van der Waals surface area contributed by atoms with Gasteiger partial charge in [0, 0.05) is 0 Å². The third kappa shape index (κ3) is 0.906. The minimum Gasteiger partial charge on any atom is -0.481 e. The number of aliphatic hydroxyl groups is 1. The summed E-state index contributed by atoms with van der Waals surface area (Å²) >= 11 is 0. The number of aliphatic carboxylic acids is 2. The van der Waals surface area contributed by atoms with Crippen molar-refractivity contribution < 1.29 is 24.9 Å². The molecule has 0 heterocycles. The summed E-state index contributed by atoms with van der Waals surface area (Å²) in [5.74, 6) is -2.04. The predicted octanol–water partition coefficient (Wildman–Crippen LogP) is 0.467. The Morgan fingerprint density at radius 1 is 0.938 bits per heavy atom. The first-order valence-corrected chi connectivity index (χ1v) is 5.51. The molecular weight excluding hydrogens is 212 g/mol. The van der Waals surface area contributed by atoms with Gasteiger partial charge in [-0.3, -0.25) is 9.59 Å². The number of hydrogen-bond donors (Lipinski definition) is 3. The Morgan fingerprint density at radius 3 is 1.69 bits per heavy atom. The summed E-state index contributed by atoms with van der Waals surface area (Å²) in [6, 6.07) is 0. The Balaban J connectivity index is 2.08. The second-order valence-corrected chi connectivity index (χ2v) is 5.91. The lowest BCUT2D eigenvalue weighted by Crippen LogP contribution is -2.47. The van der Waals surface area contributed by atoms with E-state index in [4.69, 9.17) is 0 Å². The zero-order valence-corrected chi connectivity index (χ0v) is 8.77. The molecule has 4 fully saturated rings. The van der Waals surface area contributed by atoms with Crippen LogP contribution in [0.25, 0.3) is 0 Å². The average molecular weight is 226 g/mol. The Hall–Kier alpha value is -1.10. The third-order valence-corrected chi connectivity index (χ3v) is 4.91. The highest BCUT2D eigenvalue weighted by Gasteiger charge is 2.73. The minimum atomic E-state index is -1.05. The van der Waals surface area contributed by atoms with Crippen LogP contribution in [0.3, 0.4) is 0 Å². The van der Waals surface area contributed by atoms with E-state index in [-0.39, 0.29) is 25.2 Å².